The summed E-state index contributed by atoms with van der Waals surface area (Å²) in [6.07, 6.45) is 2.07. The molecule has 0 bridgehead atoms. The quantitative estimate of drug-likeness (QED) is 0.675. The van der Waals surface area contributed by atoms with Gasteiger partial charge in [0.25, 0.3) is 11.8 Å². The Morgan fingerprint density at radius 3 is 2.43 bits per heavy atom. The standard InChI is InChI=1S/C20H26N6O3S/c1-9(21)7-12-23-10(2)14(26-25-12)17(28)24-18-13(16(22)27)11-8-19(3,4)29-20(5,6)15(11)30-18/h7H,8,21H2,1-6H3,(H2,22,27)(H,24,28). The van der Waals surface area contributed by atoms with Gasteiger partial charge >= 0.3 is 0 Å². The van der Waals surface area contributed by atoms with Gasteiger partial charge in [0, 0.05) is 23.1 Å². The highest BCUT2D eigenvalue weighted by atomic mass is 32.1. The maximum atomic E-state index is 12.9. The van der Waals surface area contributed by atoms with Gasteiger partial charge in [0.1, 0.15) is 5.00 Å². The Bertz CT molecular complexity index is 1070. The van der Waals surface area contributed by atoms with Gasteiger partial charge in [-0.25, -0.2) is 4.98 Å². The number of carbonyl (C=O) groups excluding carboxylic acids is 2. The van der Waals surface area contributed by atoms with Crippen LogP contribution in [0.2, 0.25) is 0 Å². The number of nitrogens with zero attached hydrogens (tertiary/aromatic N) is 3. The van der Waals surface area contributed by atoms with Crippen LogP contribution in [0, 0.1) is 6.92 Å². The fraction of sp³-hybridized carbons (Fsp3) is 0.450. The summed E-state index contributed by atoms with van der Waals surface area (Å²) in [5.74, 6) is -0.808. The first-order valence-electron chi connectivity index (χ1n) is 9.43. The summed E-state index contributed by atoms with van der Waals surface area (Å²) in [4.78, 5) is 30.3. The van der Waals surface area contributed by atoms with Gasteiger partial charge in [0.2, 0.25) is 0 Å². The smallest absolute Gasteiger partial charge is 0.278 e. The number of amides is 2. The highest BCUT2D eigenvalue weighted by Crippen LogP contribution is 2.48. The number of carbonyl (C=O) groups is 2. The maximum Gasteiger partial charge on any atom is 0.278 e. The van der Waals surface area contributed by atoms with E-state index in [1.54, 1.807) is 19.9 Å². The highest BCUT2D eigenvalue weighted by Gasteiger charge is 2.43. The first-order chi connectivity index (χ1) is 13.8. The fourth-order valence-electron chi connectivity index (χ4n) is 3.73. The molecule has 30 heavy (non-hydrogen) atoms. The molecule has 0 saturated heterocycles. The Morgan fingerprint density at radius 1 is 1.20 bits per heavy atom. The summed E-state index contributed by atoms with van der Waals surface area (Å²) in [5, 5.41) is 11.0. The van der Waals surface area contributed by atoms with E-state index in [1.807, 2.05) is 27.7 Å². The lowest BCUT2D eigenvalue weighted by molar-refractivity contribution is -0.135. The molecule has 2 aromatic rings. The third-order valence-corrected chi connectivity index (χ3v) is 6.06. The van der Waals surface area contributed by atoms with Crippen molar-refractivity contribution in [2.24, 2.45) is 11.5 Å². The Kier molecular flexibility index (Phi) is 5.42. The zero-order chi connectivity index (χ0) is 22.4. The minimum Gasteiger partial charge on any atom is -0.402 e. The number of hydrogen-bond donors (Lipinski definition) is 3. The van der Waals surface area contributed by atoms with E-state index < -0.39 is 23.0 Å². The van der Waals surface area contributed by atoms with Crippen molar-refractivity contribution >= 4 is 34.2 Å². The lowest BCUT2D eigenvalue weighted by Crippen LogP contribution is -2.42. The second kappa shape index (κ2) is 7.44. The number of allylic oxidation sites excluding steroid dienone is 1. The molecule has 10 heteroatoms. The van der Waals surface area contributed by atoms with Gasteiger partial charge in [0.15, 0.2) is 11.5 Å². The monoisotopic (exact) mass is 430 g/mol. The Balaban J connectivity index is 2.00. The van der Waals surface area contributed by atoms with Gasteiger partial charge in [0.05, 0.1) is 22.5 Å². The van der Waals surface area contributed by atoms with E-state index in [0.29, 0.717) is 34.2 Å². The molecule has 0 aromatic carbocycles. The topological polar surface area (TPSA) is 146 Å². The molecular formula is C20H26N6O3S. The van der Waals surface area contributed by atoms with Crippen LogP contribution < -0.4 is 16.8 Å². The molecule has 2 amide bonds. The molecule has 0 spiro atoms. The number of nitrogens with two attached hydrogens (primary N) is 2. The summed E-state index contributed by atoms with van der Waals surface area (Å²) in [5.41, 5.74) is 12.3. The summed E-state index contributed by atoms with van der Waals surface area (Å²) in [7, 11) is 0. The Morgan fingerprint density at radius 2 is 1.87 bits per heavy atom. The molecule has 0 saturated carbocycles. The van der Waals surface area contributed by atoms with E-state index in [2.05, 4.69) is 20.5 Å². The van der Waals surface area contributed by atoms with Gasteiger partial charge in [-0.15, -0.1) is 21.5 Å². The zero-order valence-electron chi connectivity index (χ0n) is 17.9. The van der Waals surface area contributed by atoms with Crippen LogP contribution in [0.5, 0.6) is 0 Å². The van der Waals surface area contributed by atoms with E-state index >= 15 is 0 Å². The lowest BCUT2D eigenvalue weighted by Gasteiger charge is -2.41. The third-order valence-electron chi connectivity index (χ3n) is 4.61. The predicted molar refractivity (Wildman–Crippen MR) is 115 cm³/mol. The summed E-state index contributed by atoms with van der Waals surface area (Å²) in [6.45, 7) is 11.1. The van der Waals surface area contributed by atoms with Gasteiger partial charge < -0.3 is 21.5 Å². The number of rotatable bonds is 4. The highest BCUT2D eigenvalue weighted by molar-refractivity contribution is 7.17. The van der Waals surface area contributed by atoms with Crippen LogP contribution >= 0.6 is 11.3 Å². The summed E-state index contributed by atoms with van der Waals surface area (Å²) < 4.78 is 6.19. The van der Waals surface area contributed by atoms with Gasteiger partial charge in [-0.05, 0) is 47.1 Å². The van der Waals surface area contributed by atoms with E-state index in [0.717, 1.165) is 10.4 Å². The third kappa shape index (κ3) is 4.19. The van der Waals surface area contributed by atoms with Crippen molar-refractivity contribution in [3.05, 3.63) is 38.9 Å². The molecule has 0 unspecified atom stereocenters. The van der Waals surface area contributed by atoms with E-state index in [-0.39, 0.29) is 5.69 Å². The minimum atomic E-state index is -0.625. The number of primary amides is 1. The molecule has 160 valence electrons. The number of aryl methyl sites for hydroxylation is 1. The van der Waals surface area contributed by atoms with Crippen LogP contribution in [0.4, 0.5) is 5.00 Å². The molecule has 0 atom stereocenters. The Hall–Kier alpha value is -2.85. The van der Waals surface area contributed by atoms with Crippen molar-refractivity contribution in [1.29, 1.82) is 0 Å². The fourth-order valence-corrected chi connectivity index (χ4v) is 4.98. The van der Waals surface area contributed by atoms with Crippen LogP contribution in [0.1, 0.15) is 77.4 Å². The second-order valence-electron chi connectivity index (χ2n) is 8.47. The number of fused-ring (bicyclic) bond motifs is 1. The average molecular weight is 431 g/mol. The van der Waals surface area contributed by atoms with Crippen LogP contribution in [0.15, 0.2) is 5.70 Å². The summed E-state index contributed by atoms with van der Waals surface area (Å²) >= 11 is 1.29. The normalized spacial score (nSPS) is 17.3. The van der Waals surface area contributed by atoms with E-state index in [9.17, 15) is 9.59 Å². The maximum absolute atomic E-state index is 12.9. The van der Waals surface area contributed by atoms with Crippen LogP contribution in [0.25, 0.3) is 6.08 Å². The number of thiophene rings is 1. The van der Waals surface area contributed by atoms with Crippen molar-refractivity contribution in [1.82, 2.24) is 15.2 Å². The average Bonchev–Trinajstić information content (AvgIpc) is 2.91. The van der Waals surface area contributed by atoms with E-state index in [1.165, 1.54) is 11.3 Å². The Labute approximate surface area is 178 Å². The molecule has 0 aliphatic carbocycles. The van der Waals surface area contributed by atoms with Gasteiger partial charge in [-0.2, -0.15) is 0 Å². The minimum absolute atomic E-state index is 0.0551. The van der Waals surface area contributed by atoms with Crippen molar-refractivity contribution in [2.45, 2.75) is 59.2 Å². The first kappa shape index (κ1) is 21.8. The number of hydrogen-bond acceptors (Lipinski definition) is 8. The molecule has 0 fully saturated rings. The van der Waals surface area contributed by atoms with Crippen LogP contribution in [0.3, 0.4) is 0 Å². The van der Waals surface area contributed by atoms with Crippen molar-refractivity contribution in [3.8, 4) is 0 Å². The van der Waals surface area contributed by atoms with Crippen molar-refractivity contribution in [3.63, 3.8) is 0 Å². The molecule has 2 aromatic heterocycles. The SMILES string of the molecule is CC(N)=Cc1nnc(C(=O)Nc2sc3c(c2C(N)=O)CC(C)(C)OC3(C)C)c(C)n1. The number of ether oxygens (including phenoxy) is 1. The molecule has 3 rings (SSSR count). The van der Waals surface area contributed by atoms with E-state index in [4.69, 9.17) is 16.2 Å². The molecule has 1 aliphatic rings. The number of anilines is 1. The van der Waals surface area contributed by atoms with Crippen LogP contribution in [-0.2, 0) is 16.8 Å². The van der Waals surface area contributed by atoms with Crippen molar-refractivity contribution < 1.29 is 14.3 Å². The van der Waals surface area contributed by atoms with Gasteiger partial charge in [-0.3, -0.25) is 9.59 Å². The second-order valence-corrected chi connectivity index (χ2v) is 9.49. The van der Waals surface area contributed by atoms with Crippen LogP contribution in [-0.4, -0.2) is 32.6 Å². The first-order valence-corrected chi connectivity index (χ1v) is 10.2. The molecule has 3 heterocycles. The molecule has 1 aliphatic heterocycles. The zero-order valence-corrected chi connectivity index (χ0v) is 18.7. The predicted octanol–water partition coefficient (Wildman–Crippen LogP) is 2.50. The largest absolute Gasteiger partial charge is 0.402 e. The number of aromatic nitrogens is 3. The lowest BCUT2D eigenvalue weighted by atomic mass is 9.86. The van der Waals surface area contributed by atoms with Crippen molar-refractivity contribution in [2.75, 3.05) is 5.32 Å². The van der Waals surface area contributed by atoms with Gasteiger partial charge in [-0.1, -0.05) is 0 Å². The molecular weight excluding hydrogens is 404 g/mol. The molecule has 9 nitrogen and oxygen atoms in total. The molecule has 0 radical (unpaired) electrons. The number of nitrogens with one attached hydrogen (secondary N) is 1. The molecule has 5 N–H and O–H groups in total. The summed E-state index contributed by atoms with van der Waals surface area (Å²) in [6, 6.07) is 0.